The lowest BCUT2D eigenvalue weighted by molar-refractivity contribution is -0.151. The molecule has 0 aromatic heterocycles. The van der Waals surface area contributed by atoms with Crippen molar-refractivity contribution in [3.8, 4) is 0 Å². The summed E-state index contributed by atoms with van der Waals surface area (Å²) >= 11 is 0. The molecule has 0 bridgehead atoms. The third-order valence-electron chi connectivity index (χ3n) is 4.59. The maximum atomic E-state index is 12.5. The summed E-state index contributed by atoms with van der Waals surface area (Å²) in [5.41, 5.74) is -0.777. The number of amides is 2. The molecule has 1 atom stereocenters. The number of carbonyl (C=O) groups is 2. The molecule has 0 spiro atoms. The van der Waals surface area contributed by atoms with Crippen molar-refractivity contribution >= 4 is 12.0 Å². The van der Waals surface area contributed by atoms with Gasteiger partial charge in [-0.3, -0.25) is 4.79 Å². The van der Waals surface area contributed by atoms with Crippen LogP contribution in [0.15, 0.2) is 12.2 Å². The van der Waals surface area contributed by atoms with Crippen molar-refractivity contribution in [3.05, 3.63) is 12.2 Å². The number of aliphatic carboxylic acids is 1. The fraction of sp³-hybridized carbons (Fsp3) is 0.733. The number of carbonyl (C=O) groups excluding carboxylic acids is 1. The molecule has 2 aliphatic rings. The van der Waals surface area contributed by atoms with E-state index in [1.807, 2.05) is 15.9 Å². The molecule has 112 valence electrons. The average Bonchev–Trinajstić information content (AvgIpc) is 2.47. The minimum Gasteiger partial charge on any atom is -0.481 e. The third-order valence-corrected chi connectivity index (χ3v) is 4.59. The molecule has 0 aromatic carbocycles. The summed E-state index contributed by atoms with van der Waals surface area (Å²) in [6.45, 7) is 6.25. The van der Waals surface area contributed by atoms with Gasteiger partial charge in [0.1, 0.15) is 0 Å². The predicted octanol–water partition coefficient (Wildman–Crippen LogP) is 2.19. The first-order chi connectivity index (χ1) is 9.43. The van der Waals surface area contributed by atoms with E-state index in [4.69, 9.17) is 0 Å². The molecule has 0 radical (unpaired) electrons. The van der Waals surface area contributed by atoms with Gasteiger partial charge in [-0.2, -0.15) is 0 Å². The van der Waals surface area contributed by atoms with Crippen molar-refractivity contribution in [2.45, 2.75) is 33.1 Å². The second-order valence-electron chi connectivity index (χ2n) is 6.30. The molecule has 1 N–H and O–H groups in total. The standard InChI is InChI=1S/C15H24N2O3/c1-15(2,13(18)19)12-7-6-10-17(11-12)14(20)16-8-4-3-5-9-16/h3-4,12H,5-11H2,1-2H3,(H,18,19). The van der Waals surface area contributed by atoms with Crippen LogP contribution in [0.4, 0.5) is 4.79 Å². The lowest BCUT2D eigenvalue weighted by atomic mass is 9.74. The highest BCUT2D eigenvalue weighted by atomic mass is 16.4. The summed E-state index contributed by atoms with van der Waals surface area (Å²) in [6, 6.07) is 0.0558. The molecule has 2 aliphatic heterocycles. The summed E-state index contributed by atoms with van der Waals surface area (Å²) in [6.07, 6.45) is 6.78. The summed E-state index contributed by atoms with van der Waals surface area (Å²) in [4.78, 5) is 27.5. The van der Waals surface area contributed by atoms with Crippen LogP contribution in [0.1, 0.15) is 33.1 Å². The van der Waals surface area contributed by atoms with Gasteiger partial charge in [0.05, 0.1) is 5.41 Å². The molecule has 2 heterocycles. The smallest absolute Gasteiger partial charge is 0.320 e. The maximum absolute atomic E-state index is 12.5. The zero-order chi connectivity index (χ0) is 14.8. The Balaban J connectivity index is 2.01. The molecule has 0 saturated carbocycles. The van der Waals surface area contributed by atoms with E-state index in [1.165, 1.54) is 0 Å². The van der Waals surface area contributed by atoms with Gasteiger partial charge in [-0.05, 0) is 39.0 Å². The molecule has 5 nitrogen and oxygen atoms in total. The molecular weight excluding hydrogens is 256 g/mol. The predicted molar refractivity (Wildman–Crippen MR) is 76.4 cm³/mol. The van der Waals surface area contributed by atoms with E-state index in [0.29, 0.717) is 13.1 Å². The third kappa shape index (κ3) is 2.97. The zero-order valence-corrected chi connectivity index (χ0v) is 12.3. The van der Waals surface area contributed by atoms with Crippen molar-refractivity contribution in [1.29, 1.82) is 0 Å². The molecule has 20 heavy (non-hydrogen) atoms. The van der Waals surface area contributed by atoms with Crippen molar-refractivity contribution < 1.29 is 14.7 Å². The van der Waals surface area contributed by atoms with Crippen LogP contribution in [0.5, 0.6) is 0 Å². The lowest BCUT2D eigenvalue weighted by Crippen LogP contribution is -2.51. The Bertz CT molecular complexity index is 417. The van der Waals surface area contributed by atoms with E-state index in [9.17, 15) is 14.7 Å². The van der Waals surface area contributed by atoms with Crippen LogP contribution in [0.3, 0.4) is 0 Å². The van der Waals surface area contributed by atoms with E-state index in [1.54, 1.807) is 13.8 Å². The monoisotopic (exact) mass is 280 g/mol. The first-order valence-electron chi connectivity index (χ1n) is 7.35. The number of nitrogens with zero attached hydrogens (tertiary/aromatic N) is 2. The van der Waals surface area contributed by atoms with Crippen LogP contribution >= 0.6 is 0 Å². The van der Waals surface area contributed by atoms with Crippen molar-refractivity contribution in [1.82, 2.24) is 9.80 Å². The van der Waals surface area contributed by atoms with E-state index in [2.05, 4.69) is 6.08 Å². The number of rotatable bonds is 2. The molecule has 2 amide bonds. The Labute approximate surface area is 120 Å². The molecular formula is C15H24N2O3. The highest BCUT2D eigenvalue weighted by molar-refractivity contribution is 5.76. The van der Waals surface area contributed by atoms with Crippen LogP contribution < -0.4 is 0 Å². The van der Waals surface area contributed by atoms with E-state index >= 15 is 0 Å². The first kappa shape index (κ1) is 14.9. The normalized spacial score (nSPS) is 23.8. The number of piperidine rings is 1. The SMILES string of the molecule is CC(C)(C(=O)O)C1CCCN(C(=O)N2CC=CCC2)C1. The number of hydrogen-bond donors (Lipinski definition) is 1. The summed E-state index contributed by atoms with van der Waals surface area (Å²) < 4.78 is 0. The molecule has 2 rings (SSSR count). The zero-order valence-electron chi connectivity index (χ0n) is 12.3. The fourth-order valence-corrected chi connectivity index (χ4v) is 2.93. The van der Waals surface area contributed by atoms with Gasteiger partial charge >= 0.3 is 12.0 Å². The lowest BCUT2D eigenvalue weighted by Gasteiger charge is -2.41. The van der Waals surface area contributed by atoms with Crippen LogP contribution in [0.25, 0.3) is 0 Å². The average molecular weight is 280 g/mol. The van der Waals surface area contributed by atoms with E-state index < -0.39 is 11.4 Å². The summed E-state index contributed by atoms with van der Waals surface area (Å²) in [5, 5.41) is 9.34. The van der Waals surface area contributed by atoms with Gasteiger partial charge in [-0.15, -0.1) is 0 Å². The molecule has 0 aliphatic carbocycles. The Hall–Kier alpha value is -1.52. The van der Waals surface area contributed by atoms with E-state index in [-0.39, 0.29) is 11.9 Å². The molecule has 1 fully saturated rings. The number of carboxylic acid groups (broad SMARTS) is 1. The molecule has 1 unspecified atom stereocenters. The van der Waals surface area contributed by atoms with Crippen molar-refractivity contribution in [2.24, 2.45) is 11.3 Å². The van der Waals surface area contributed by atoms with Crippen LogP contribution in [-0.2, 0) is 4.79 Å². The highest BCUT2D eigenvalue weighted by Gasteiger charge is 2.40. The maximum Gasteiger partial charge on any atom is 0.320 e. The van der Waals surface area contributed by atoms with Crippen molar-refractivity contribution in [2.75, 3.05) is 26.2 Å². The molecule has 5 heteroatoms. The number of likely N-dealkylation sites (tertiary alicyclic amines) is 1. The largest absolute Gasteiger partial charge is 0.481 e. The number of hydrogen-bond acceptors (Lipinski definition) is 2. The number of carboxylic acids is 1. The van der Waals surface area contributed by atoms with Crippen LogP contribution in [0.2, 0.25) is 0 Å². The Morgan fingerprint density at radius 1 is 1.20 bits per heavy atom. The number of urea groups is 1. The molecule has 0 aromatic rings. The summed E-state index contributed by atoms with van der Waals surface area (Å²) in [7, 11) is 0. The van der Waals surface area contributed by atoms with Gasteiger partial charge in [0.25, 0.3) is 0 Å². The van der Waals surface area contributed by atoms with Crippen LogP contribution in [-0.4, -0.2) is 53.1 Å². The van der Waals surface area contributed by atoms with Gasteiger partial charge in [-0.25, -0.2) is 4.79 Å². The van der Waals surface area contributed by atoms with E-state index in [0.717, 1.165) is 32.4 Å². The second-order valence-corrected chi connectivity index (χ2v) is 6.30. The quantitative estimate of drug-likeness (QED) is 0.789. The second kappa shape index (κ2) is 5.85. The van der Waals surface area contributed by atoms with Gasteiger partial charge in [0.2, 0.25) is 0 Å². The van der Waals surface area contributed by atoms with Gasteiger partial charge in [0, 0.05) is 26.2 Å². The highest BCUT2D eigenvalue weighted by Crippen LogP contribution is 2.34. The van der Waals surface area contributed by atoms with Gasteiger partial charge in [0.15, 0.2) is 0 Å². The Kier molecular flexibility index (Phi) is 4.35. The minimum absolute atomic E-state index is 0.0260. The molecule has 1 saturated heterocycles. The van der Waals surface area contributed by atoms with Gasteiger partial charge < -0.3 is 14.9 Å². The van der Waals surface area contributed by atoms with Gasteiger partial charge in [-0.1, -0.05) is 12.2 Å². The fourth-order valence-electron chi connectivity index (χ4n) is 2.93. The Morgan fingerprint density at radius 2 is 1.95 bits per heavy atom. The van der Waals surface area contributed by atoms with Crippen molar-refractivity contribution in [3.63, 3.8) is 0 Å². The summed E-state index contributed by atoms with van der Waals surface area (Å²) in [5.74, 6) is -0.754. The Morgan fingerprint density at radius 3 is 2.55 bits per heavy atom. The first-order valence-corrected chi connectivity index (χ1v) is 7.35. The topological polar surface area (TPSA) is 60.9 Å². The van der Waals surface area contributed by atoms with Crippen LogP contribution in [0, 0.1) is 11.3 Å². The minimum atomic E-state index is -0.780.